The summed E-state index contributed by atoms with van der Waals surface area (Å²) in [6, 6.07) is 6.13. The molecule has 3 aromatic rings. The third-order valence-corrected chi connectivity index (χ3v) is 5.12. The normalized spacial score (nSPS) is 12.2. The van der Waals surface area contributed by atoms with E-state index in [-0.39, 0.29) is 5.92 Å². The van der Waals surface area contributed by atoms with E-state index >= 15 is 0 Å². The van der Waals surface area contributed by atoms with Crippen LogP contribution < -0.4 is 10.6 Å². The minimum atomic E-state index is -0.974. The van der Waals surface area contributed by atoms with Gasteiger partial charge in [0.05, 0.1) is 5.69 Å². The van der Waals surface area contributed by atoms with Gasteiger partial charge in [-0.3, -0.25) is 9.59 Å². The molecule has 0 radical (unpaired) electrons. The summed E-state index contributed by atoms with van der Waals surface area (Å²) >= 11 is 0. The predicted molar refractivity (Wildman–Crippen MR) is 116 cm³/mol. The second-order valence-corrected chi connectivity index (χ2v) is 8.13. The lowest BCUT2D eigenvalue weighted by atomic mass is 10.0. The molecule has 0 aliphatic carbocycles. The number of fused-ring (bicyclic) bond motifs is 1. The number of hydrogen-bond acceptors (Lipinski definition) is 4. The van der Waals surface area contributed by atoms with Gasteiger partial charge in [0.25, 0.3) is 5.91 Å². The lowest BCUT2D eigenvalue weighted by molar-refractivity contribution is -0.123. The van der Waals surface area contributed by atoms with Crippen LogP contribution in [-0.4, -0.2) is 39.0 Å². The van der Waals surface area contributed by atoms with E-state index in [0.717, 1.165) is 34.9 Å². The smallest absolute Gasteiger partial charge is 0.257 e. The number of rotatable bonds is 8. The van der Waals surface area contributed by atoms with Crippen molar-refractivity contribution in [3.63, 3.8) is 0 Å². The van der Waals surface area contributed by atoms with E-state index in [1.54, 1.807) is 18.4 Å². The van der Waals surface area contributed by atoms with Gasteiger partial charge in [-0.05, 0) is 50.8 Å². The van der Waals surface area contributed by atoms with Gasteiger partial charge in [-0.2, -0.15) is 5.10 Å². The number of amides is 2. The molecule has 7 nitrogen and oxygen atoms in total. The number of carbonyl (C=O) groups is 2. The van der Waals surface area contributed by atoms with Crippen LogP contribution in [0.3, 0.4) is 0 Å². The fraction of sp³-hybridized carbons (Fsp3) is 0.391. The number of nitrogens with zero attached hydrogens (tertiary/aromatic N) is 3. The van der Waals surface area contributed by atoms with E-state index in [1.165, 1.54) is 6.07 Å². The van der Waals surface area contributed by atoms with Gasteiger partial charge in [0, 0.05) is 24.0 Å². The van der Waals surface area contributed by atoms with E-state index < -0.39 is 35.1 Å². The van der Waals surface area contributed by atoms with Crippen LogP contribution in [0.15, 0.2) is 30.3 Å². The summed E-state index contributed by atoms with van der Waals surface area (Å²) in [6.07, 6.45) is 1.27. The minimum absolute atomic E-state index is 0.274. The van der Waals surface area contributed by atoms with Crippen LogP contribution in [-0.2, 0) is 11.2 Å². The molecule has 9 heteroatoms. The summed E-state index contributed by atoms with van der Waals surface area (Å²) < 4.78 is 29.5. The fourth-order valence-corrected chi connectivity index (χ4v) is 3.51. The van der Waals surface area contributed by atoms with Crippen LogP contribution in [0.2, 0.25) is 0 Å². The topological polar surface area (TPSA) is 88.4 Å². The number of nitrogens with one attached hydrogen (secondary N) is 2. The lowest BCUT2D eigenvalue weighted by Gasteiger charge is -2.22. The molecule has 2 heterocycles. The number of hydrogen-bond donors (Lipinski definition) is 2. The number of carbonyl (C=O) groups excluding carboxylic acids is 2. The lowest BCUT2D eigenvalue weighted by Crippen LogP contribution is -2.50. The van der Waals surface area contributed by atoms with Crippen LogP contribution in [0.1, 0.15) is 47.7 Å². The van der Waals surface area contributed by atoms with Crippen LogP contribution in [0.4, 0.5) is 8.78 Å². The van der Waals surface area contributed by atoms with Gasteiger partial charge in [0.2, 0.25) is 5.91 Å². The van der Waals surface area contributed by atoms with Crippen molar-refractivity contribution < 1.29 is 18.4 Å². The minimum Gasteiger partial charge on any atom is -0.354 e. The zero-order valence-corrected chi connectivity index (χ0v) is 18.6. The van der Waals surface area contributed by atoms with Crippen LogP contribution in [0, 0.1) is 31.4 Å². The molecule has 1 atom stereocenters. The molecule has 0 aliphatic rings. The third-order valence-electron chi connectivity index (χ3n) is 5.12. The third kappa shape index (κ3) is 5.27. The van der Waals surface area contributed by atoms with E-state index in [9.17, 15) is 18.4 Å². The Morgan fingerprint density at radius 1 is 1.12 bits per heavy atom. The molecular formula is C23H27F2N5O2. The Labute approximate surface area is 185 Å². The summed E-state index contributed by atoms with van der Waals surface area (Å²) in [5.74, 6) is -3.59. The maximum absolute atomic E-state index is 13.9. The van der Waals surface area contributed by atoms with Crippen molar-refractivity contribution in [2.45, 2.75) is 46.6 Å². The van der Waals surface area contributed by atoms with Gasteiger partial charge in [-0.25, -0.2) is 18.3 Å². The molecule has 0 unspecified atom stereocenters. The average Bonchev–Trinajstić information content (AvgIpc) is 3.12. The summed E-state index contributed by atoms with van der Waals surface area (Å²) in [7, 11) is 0. The zero-order chi connectivity index (χ0) is 23.4. The Hall–Kier alpha value is -3.36. The first-order chi connectivity index (χ1) is 15.2. The number of aromatic nitrogens is 3. The monoisotopic (exact) mass is 443 g/mol. The van der Waals surface area contributed by atoms with E-state index in [2.05, 4.69) is 20.7 Å². The van der Waals surface area contributed by atoms with Crippen molar-refractivity contribution in [1.82, 2.24) is 25.2 Å². The molecule has 0 saturated carbocycles. The molecule has 32 heavy (non-hydrogen) atoms. The Kier molecular flexibility index (Phi) is 7.17. The Morgan fingerprint density at radius 2 is 1.81 bits per heavy atom. The molecule has 2 N–H and O–H groups in total. The highest BCUT2D eigenvalue weighted by Gasteiger charge is 2.27. The van der Waals surface area contributed by atoms with Gasteiger partial charge in [-0.1, -0.05) is 19.9 Å². The van der Waals surface area contributed by atoms with Crippen molar-refractivity contribution in [2.75, 3.05) is 6.54 Å². The Morgan fingerprint density at radius 3 is 2.47 bits per heavy atom. The summed E-state index contributed by atoms with van der Waals surface area (Å²) in [5, 5.41) is 9.77. The molecule has 0 aliphatic heterocycles. The van der Waals surface area contributed by atoms with Gasteiger partial charge in [0.1, 0.15) is 23.2 Å². The van der Waals surface area contributed by atoms with Gasteiger partial charge in [-0.15, -0.1) is 0 Å². The highest BCUT2D eigenvalue weighted by molar-refractivity contribution is 5.98. The molecule has 1 aromatic carbocycles. The summed E-state index contributed by atoms with van der Waals surface area (Å²) in [6.45, 7) is 7.75. The van der Waals surface area contributed by atoms with E-state index in [4.69, 9.17) is 0 Å². The van der Waals surface area contributed by atoms with Crippen molar-refractivity contribution in [3.8, 4) is 0 Å². The van der Waals surface area contributed by atoms with Crippen LogP contribution >= 0.6 is 0 Å². The number of benzene rings is 1. The Bertz CT molecular complexity index is 1120. The van der Waals surface area contributed by atoms with Crippen molar-refractivity contribution in [2.24, 2.45) is 5.92 Å². The van der Waals surface area contributed by atoms with Crippen molar-refractivity contribution >= 4 is 17.5 Å². The second kappa shape index (κ2) is 9.84. The number of halogens is 2. The first-order valence-corrected chi connectivity index (χ1v) is 10.5. The summed E-state index contributed by atoms with van der Waals surface area (Å²) in [5.41, 5.74) is 2.87. The zero-order valence-electron chi connectivity index (χ0n) is 18.6. The van der Waals surface area contributed by atoms with E-state index in [0.29, 0.717) is 19.4 Å². The Balaban J connectivity index is 1.56. The van der Waals surface area contributed by atoms with Gasteiger partial charge >= 0.3 is 0 Å². The first-order valence-electron chi connectivity index (χ1n) is 10.5. The van der Waals surface area contributed by atoms with Crippen LogP contribution in [0.5, 0.6) is 0 Å². The molecule has 0 saturated heterocycles. The van der Waals surface area contributed by atoms with Gasteiger partial charge in [0.15, 0.2) is 5.65 Å². The highest BCUT2D eigenvalue weighted by atomic mass is 19.1. The molecular weight excluding hydrogens is 416 g/mol. The first kappa shape index (κ1) is 23.3. The molecule has 0 fully saturated rings. The quantitative estimate of drug-likeness (QED) is 0.524. The largest absolute Gasteiger partial charge is 0.354 e. The molecule has 0 bridgehead atoms. The van der Waals surface area contributed by atoms with Crippen molar-refractivity contribution in [3.05, 3.63) is 64.6 Å². The second-order valence-electron chi connectivity index (χ2n) is 8.13. The SMILES string of the molecule is Cc1cc(C)n2nc(CCCNC(=O)[C@@H](NC(=O)c3c(F)cccc3F)C(C)C)cc2n1. The van der Waals surface area contributed by atoms with Gasteiger partial charge < -0.3 is 10.6 Å². The van der Waals surface area contributed by atoms with E-state index in [1.807, 2.05) is 26.0 Å². The maximum atomic E-state index is 13.9. The van der Waals surface area contributed by atoms with Crippen molar-refractivity contribution in [1.29, 1.82) is 0 Å². The van der Waals surface area contributed by atoms with Crippen LogP contribution in [0.25, 0.3) is 5.65 Å². The molecule has 3 rings (SSSR count). The number of aryl methyl sites for hydroxylation is 3. The fourth-order valence-electron chi connectivity index (χ4n) is 3.51. The standard InChI is InChI=1S/C23H27F2N5O2/c1-13(2)21(28-22(31)20-17(24)8-5-9-18(20)25)23(32)26-10-6-7-16-12-19-27-14(3)11-15(4)30(19)29-16/h5,8-9,11-13,21H,6-7,10H2,1-4H3,(H,26,32)(H,28,31)/t21-/m0/s1. The average molecular weight is 443 g/mol. The molecule has 170 valence electrons. The molecule has 2 aromatic heterocycles. The predicted octanol–water partition coefficient (Wildman–Crippen LogP) is 3.13. The maximum Gasteiger partial charge on any atom is 0.257 e. The molecule has 0 spiro atoms. The highest BCUT2D eigenvalue weighted by Crippen LogP contribution is 2.14. The molecule has 2 amide bonds. The summed E-state index contributed by atoms with van der Waals surface area (Å²) in [4.78, 5) is 29.4.